The number of rotatable bonds is 5. The number of benzene rings is 2. The minimum absolute atomic E-state index is 0.0693. The number of ether oxygens (including phenoxy) is 1. The predicted molar refractivity (Wildman–Crippen MR) is 129 cm³/mol. The number of amides is 1. The van der Waals surface area contributed by atoms with Crippen molar-refractivity contribution in [2.24, 2.45) is 5.10 Å². The molecule has 0 saturated carbocycles. The first-order valence-electron chi connectivity index (χ1n) is 10.9. The van der Waals surface area contributed by atoms with E-state index in [2.05, 4.69) is 10.5 Å². The largest absolute Gasteiger partial charge is 0.453 e. The molecule has 10 heteroatoms. The highest BCUT2D eigenvalue weighted by molar-refractivity contribution is 6.32. The van der Waals surface area contributed by atoms with Gasteiger partial charge < -0.3 is 9.15 Å². The van der Waals surface area contributed by atoms with Crippen LogP contribution in [-0.4, -0.2) is 22.5 Å². The first-order chi connectivity index (χ1) is 16.7. The molecule has 9 nitrogen and oxygen atoms in total. The molecule has 1 aliphatic carbocycles. The van der Waals surface area contributed by atoms with Crippen LogP contribution in [0.3, 0.4) is 0 Å². The maximum absolute atomic E-state index is 12.9. The molecule has 3 aromatic rings. The maximum atomic E-state index is 12.9. The molecule has 0 radical (unpaired) electrons. The molecule has 0 unspecified atom stereocenters. The Balaban J connectivity index is 1.57. The van der Waals surface area contributed by atoms with Crippen LogP contribution in [0.2, 0.25) is 5.02 Å². The molecule has 0 aliphatic heterocycles. The number of nitro benzene ring substituents is 1. The Hall–Kier alpha value is -3.98. The standard InChI is InChI=1S/C25H22ClN3O6/c1-13-10-18(11-14(2)22(13)26)34-25(31)23-15(3)21-19(8-5-9-20(21)35-23)27-28-24(30)16-6-4-7-17(12-16)29(32)33/h4,6-7,10-12H,5,8-9H2,1-3H3,(H,28,30)/b27-19+. The molecule has 0 fully saturated rings. The molecule has 1 aliphatic rings. The third-order valence-electron chi connectivity index (χ3n) is 5.74. The van der Waals surface area contributed by atoms with Crippen molar-refractivity contribution in [3.05, 3.63) is 90.9 Å². The zero-order valence-electron chi connectivity index (χ0n) is 19.3. The molecule has 0 spiro atoms. The first-order valence-corrected chi connectivity index (χ1v) is 11.3. The molecule has 0 saturated heterocycles. The number of aryl methyl sites for hydroxylation is 3. The zero-order valence-corrected chi connectivity index (χ0v) is 20.1. The van der Waals surface area contributed by atoms with Gasteiger partial charge in [-0.05, 0) is 62.9 Å². The van der Waals surface area contributed by atoms with Gasteiger partial charge in [-0.1, -0.05) is 17.7 Å². The topological polar surface area (TPSA) is 124 Å². The van der Waals surface area contributed by atoms with Crippen LogP contribution in [0.1, 0.15) is 61.8 Å². The minimum Gasteiger partial charge on any atom is -0.453 e. The molecule has 1 heterocycles. The number of non-ortho nitro benzene ring substituents is 1. The quantitative estimate of drug-likeness (QED) is 0.217. The lowest BCUT2D eigenvalue weighted by Gasteiger charge is -2.13. The number of hydrogen-bond donors (Lipinski definition) is 1. The van der Waals surface area contributed by atoms with Gasteiger partial charge >= 0.3 is 5.97 Å². The summed E-state index contributed by atoms with van der Waals surface area (Å²) in [7, 11) is 0. The summed E-state index contributed by atoms with van der Waals surface area (Å²) >= 11 is 6.19. The summed E-state index contributed by atoms with van der Waals surface area (Å²) in [5.74, 6) is -0.200. The Bertz CT molecular complexity index is 1370. The highest BCUT2D eigenvalue weighted by Crippen LogP contribution is 2.31. The number of hydrogen-bond acceptors (Lipinski definition) is 7. The lowest BCUT2D eigenvalue weighted by atomic mass is 9.93. The van der Waals surface area contributed by atoms with Crippen molar-refractivity contribution in [3.63, 3.8) is 0 Å². The molecular weight excluding hydrogens is 474 g/mol. The van der Waals surface area contributed by atoms with E-state index in [0.29, 0.717) is 46.2 Å². The van der Waals surface area contributed by atoms with Gasteiger partial charge in [-0.15, -0.1) is 0 Å². The molecule has 4 rings (SSSR count). The number of nitrogens with zero attached hydrogens (tertiary/aromatic N) is 2. The van der Waals surface area contributed by atoms with Crippen molar-refractivity contribution in [2.75, 3.05) is 0 Å². The van der Waals surface area contributed by atoms with Crippen LogP contribution in [0, 0.1) is 30.9 Å². The van der Waals surface area contributed by atoms with Crippen molar-refractivity contribution in [1.29, 1.82) is 0 Å². The van der Waals surface area contributed by atoms with Gasteiger partial charge in [0.15, 0.2) is 0 Å². The maximum Gasteiger partial charge on any atom is 0.379 e. The molecule has 0 atom stereocenters. The molecule has 1 aromatic heterocycles. The van der Waals surface area contributed by atoms with Crippen LogP contribution in [0.4, 0.5) is 5.69 Å². The van der Waals surface area contributed by atoms with Gasteiger partial charge in [0.25, 0.3) is 11.6 Å². The highest BCUT2D eigenvalue weighted by Gasteiger charge is 2.29. The summed E-state index contributed by atoms with van der Waals surface area (Å²) in [6.45, 7) is 5.39. The van der Waals surface area contributed by atoms with Gasteiger partial charge in [0, 0.05) is 40.3 Å². The van der Waals surface area contributed by atoms with E-state index < -0.39 is 16.8 Å². The summed E-state index contributed by atoms with van der Waals surface area (Å²) in [5.41, 5.74) is 5.74. The van der Waals surface area contributed by atoms with Gasteiger partial charge in [-0.25, -0.2) is 10.2 Å². The second-order valence-electron chi connectivity index (χ2n) is 8.28. The van der Waals surface area contributed by atoms with Crippen LogP contribution in [-0.2, 0) is 6.42 Å². The van der Waals surface area contributed by atoms with Gasteiger partial charge in [0.05, 0.1) is 10.6 Å². The predicted octanol–water partition coefficient (Wildman–Crippen LogP) is 5.46. The van der Waals surface area contributed by atoms with E-state index >= 15 is 0 Å². The highest BCUT2D eigenvalue weighted by atomic mass is 35.5. The Kier molecular flexibility index (Phi) is 6.70. The second kappa shape index (κ2) is 9.71. The molecule has 0 bridgehead atoms. The number of nitro groups is 1. The Morgan fingerprint density at radius 2 is 1.86 bits per heavy atom. The second-order valence-corrected chi connectivity index (χ2v) is 8.65. The normalized spacial score (nSPS) is 13.9. The number of furan rings is 1. The molecule has 1 N–H and O–H groups in total. The van der Waals surface area contributed by atoms with E-state index in [0.717, 1.165) is 17.5 Å². The van der Waals surface area contributed by atoms with Crippen LogP contribution in [0.15, 0.2) is 45.9 Å². The minimum atomic E-state index is -0.641. The lowest BCUT2D eigenvalue weighted by Crippen LogP contribution is -2.22. The Labute approximate surface area is 205 Å². The van der Waals surface area contributed by atoms with Crippen molar-refractivity contribution < 1.29 is 23.7 Å². The van der Waals surface area contributed by atoms with Gasteiger partial charge in [0.2, 0.25) is 5.76 Å². The molecule has 1 amide bonds. The first kappa shape index (κ1) is 24.2. The fourth-order valence-electron chi connectivity index (χ4n) is 4.04. The molecular formula is C25H22ClN3O6. The smallest absolute Gasteiger partial charge is 0.379 e. The number of nitrogens with one attached hydrogen (secondary N) is 1. The fraction of sp³-hybridized carbons (Fsp3) is 0.240. The van der Waals surface area contributed by atoms with Crippen LogP contribution in [0.25, 0.3) is 0 Å². The SMILES string of the molecule is Cc1cc(OC(=O)c2oc3c(c2C)/C(=N/NC(=O)c2cccc([N+](=O)[O-])c2)CCC3)cc(C)c1Cl. The summed E-state index contributed by atoms with van der Waals surface area (Å²) in [5, 5.41) is 15.8. The van der Waals surface area contributed by atoms with E-state index in [9.17, 15) is 19.7 Å². The van der Waals surface area contributed by atoms with E-state index in [1.165, 1.54) is 24.3 Å². The van der Waals surface area contributed by atoms with Crippen molar-refractivity contribution >= 4 is 34.9 Å². The van der Waals surface area contributed by atoms with E-state index in [-0.39, 0.29) is 17.0 Å². The van der Waals surface area contributed by atoms with E-state index in [4.69, 9.17) is 20.8 Å². The molecule has 35 heavy (non-hydrogen) atoms. The third-order valence-corrected chi connectivity index (χ3v) is 6.34. The van der Waals surface area contributed by atoms with Gasteiger partial charge in [-0.2, -0.15) is 5.10 Å². The number of fused-ring (bicyclic) bond motifs is 1. The van der Waals surface area contributed by atoms with Crippen LogP contribution < -0.4 is 10.2 Å². The fourth-order valence-corrected chi connectivity index (χ4v) is 4.15. The average Bonchev–Trinajstić information content (AvgIpc) is 3.18. The third kappa shape index (κ3) is 4.95. The Morgan fingerprint density at radius 1 is 1.14 bits per heavy atom. The number of halogens is 1. The van der Waals surface area contributed by atoms with Crippen molar-refractivity contribution in [1.82, 2.24) is 5.43 Å². The Morgan fingerprint density at radius 3 is 2.54 bits per heavy atom. The number of carbonyl (C=O) groups is 2. The lowest BCUT2D eigenvalue weighted by molar-refractivity contribution is -0.384. The number of hydrazone groups is 1. The van der Waals surface area contributed by atoms with E-state index in [1.807, 2.05) is 13.8 Å². The number of esters is 1. The van der Waals surface area contributed by atoms with Crippen LogP contribution in [0.5, 0.6) is 5.75 Å². The van der Waals surface area contributed by atoms with Gasteiger partial charge in [0.1, 0.15) is 11.5 Å². The van der Waals surface area contributed by atoms with Crippen molar-refractivity contribution in [2.45, 2.75) is 40.0 Å². The molecule has 180 valence electrons. The van der Waals surface area contributed by atoms with E-state index in [1.54, 1.807) is 19.1 Å². The average molecular weight is 496 g/mol. The van der Waals surface area contributed by atoms with Crippen LogP contribution >= 0.6 is 11.6 Å². The summed E-state index contributed by atoms with van der Waals surface area (Å²) in [4.78, 5) is 35.8. The molecule has 2 aromatic carbocycles. The number of carbonyl (C=O) groups excluding carboxylic acids is 2. The summed E-state index contributed by atoms with van der Waals surface area (Å²) in [6.07, 6.45) is 1.89. The zero-order chi connectivity index (χ0) is 25.3. The van der Waals surface area contributed by atoms with Crippen molar-refractivity contribution in [3.8, 4) is 5.75 Å². The summed E-state index contributed by atoms with van der Waals surface area (Å²) < 4.78 is 11.4. The monoisotopic (exact) mass is 495 g/mol. The van der Waals surface area contributed by atoms with Gasteiger partial charge in [-0.3, -0.25) is 14.9 Å². The summed E-state index contributed by atoms with van der Waals surface area (Å²) in [6, 6.07) is 8.74.